The lowest BCUT2D eigenvalue weighted by Crippen LogP contribution is -2.28. The van der Waals surface area contributed by atoms with Gasteiger partial charge >= 0.3 is 0 Å². The van der Waals surface area contributed by atoms with Crippen molar-refractivity contribution in [3.05, 3.63) is 11.6 Å². The van der Waals surface area contributed by atoms with Crippen molar-refractivity contribution < 1.29 is 0 Å². The Morgan fingerprint density at radius 2 is 2.00 bits per heavy atom. The van der Waals surface area contributed by atoms with Gasteiger partial charge in [0.2, 0.25) is 0 Å². The molecule has 0 aliphatic heterocycles. The van der Waals surface area contributed by atoms with E-state index >= 15 is 0 Å². The van der Waals surface area contributed by atoms with E-state index in [1.54, 1.807) is 0 Å². The van der Waals surface area contributed by atoms with E-state index in [1.165, 1.54) is 12.8 Å². The summed E-state index contributed by atoms with van der Waals surface area (Å²) in [5.74, 6) is 3.31. The van der Waals surface area contributed by atoms with Crippen LogP contribution in [0.4, 0.5) is 0 Å². The van der Waals surface area contributed by atoms with Crippen molar-refractivity contribution in [2.45, 2.75) is 58.5 Å². The summed E-state index contributed by atoms with van der Waals surface area (Å²) in [6.45, 7) is 9.25. The maximum absolute atomic E-state index is 5.73. The second-order valence-electron chi connectivity index (χ2n) is 5.81. The van der Waals surface area contributed by atoms with Crippen molar-refractivity contribution in [3.63, 3.8) is 0 Å². The predicted octanol–water partition coefficient (Wildman–Crippen LogP) is 2.01. The Labute approximate surface area is 97.2 Å². The quantitative estimate of drug-likeness (QED) is 0.851. The number of rotatable bonds is 3. The van der Waals surface area contributed by atoms with Gasteiger partial charge in [-0.15, -0.1) is 10.2 Å². The SMILES string of the molecule is CC(c1nnc(CN)n1C(C)(C)C)C1CC1. The van der Waals surface area contributed by atoms with Crippen LogP contribution in [0.15, 0.2) is 0 Å². The average molecular weight is 222 g/mol. The van der Waals surface area contributed by atoms with Gasteiger partial charge in [-0.3, -0.25) is 0 Å². The third-order valence-electron chi connectivity index (χ3n) is 3.34. The second kappa shape index (κ2) is 3.84. The predicted molar refractivity (Wildman–Crippen MR) is 64.0 cm³/mol. The van der Waals surface area contributed by atoms with E-state index in [0.717, 1.165) is 17.6 Å². The van der Waals surface area contributed by atoms with Crippen LogP contribution in [-0.4, -0.2) is 14.8 Å². The molecule has 2 rings (SSSR count). The van der Waals surface area contributed by atoms with Crippen molar-refractivity contribution in [1.29, 1.82) is 0 Å². The smallest absolute Gasteiger partial charge is 0.147 e. The largest absolute Gasteiger partial charge is 0.324 e. The first-order valence-electron chi connectivity index (χ1n) is 6.10. The van der Waals surface area contributed by atoms with Gasteiger partial charge in [-0.25, -0.2) is 0 Å². The fourth-order valence-electron chi connectivity index (χ4n) is 2.30. The summed E-state index contributed by atoms with van der Waals surface area (Å²) in [5, 5.41) is 8.57. The Morgan fingerprint density at radius 1 is 1.38 bits per heavy atom. The summed E-state index contributed by atoms with van der Waals surface area (Å²) in [6.07, 6.45) is 2.66. The van der Waals surface area contributed by atoms with Crippen molar-refractivity contribution >= 4 is 0 Å². The number of nitrogens with zero attached hydrogens (tertiary/aromatic N) is 3. The highest BCUT2D eigenvalue weighted by Crippen LogP contribution is 2.42. The first-order chi connectivity index (χ1) is 7.45. The van der Waals surface area contributed by atoms with Gasteiger partial charge in [0.05, 0.1) is 6.54 Å². The maximum Gasteiger partial charge on any atom is 0.147 e. The van der Waals surface area contributed by atoms with Crippen LogP contribution in [-0.2, 0) is 12.1 Å². The topological polar surface area (TPSA) is 56.7 Å². The number of hydrogen-bond donors (Lipinski definition) is 1. The molecule has 0 aromatic carbocycles. The minimum absolute atomic E-state index is 0.0106. The number of hydrogen-bond acceptors (Lipinski definition) is 3. The third-order valence-corrected chi connectivity index (χ3v) is 3.34. The normalized spacial score (nSPS) is 18.8. The van der Waals surface area contributed by atoms with E-state index in [9.17, 15) is 0 Å². The first kappa shape index (κ1) is 11.6. The molecule has 0 bridgehead atoms. The van der Waals surface area contributed by atoms with Crippen LogP contribution in [0, 0.1) is 5.92 Å². The van der Waals surface area contributed by atoms with Crippen LogP contribution in [0.3, 0.4) is 0 Å². The van der Waals surface area contributed by atoms with Crippen LogP contribution in [0.5, 0.6) is 0 Å². The minimum atomic E-state index is 0.0106. The molecule has 1 saturated carbocycles. The summed E-state index contributed by atoms with van der Waals surface area (Å²) >= 11 is 0. The van der Waals surface area contributed by atoms with Gasteiger partial charge in [0.15, 0.2) is 0 Å². The molecule has 1 aromatic heterocycles. The van der Waals surface area contributed by atoms with Gasteiger partial charge < -0.3 is 10.3 Å². The highest BCUT2D eigenvalue weighted by molar-refractivity contribution is 5.08. The molecule has 4 nitrogen and oxygen atoms in total. The van der Waals surface area contributed by atoms with Crippen LogP contribution in [0.25, 0.3) is 0 Å². The zero-order chi connectivity index (χ0) is 11.9. The Bertz CT molecular complexity index is 371. The monoisotopic (exact) mass is 222 g/mol. The second-order valence-corrected chi connectivity index (χ2v) is 5.81. The van der Waals surface area contributed by atoms with E-state index in [-0.39, 0.29) is 5.54 Å². The Morgan fingerprint density at radius 3 is 2.44 bits per heavy atom. The molecule has 0 saturated heterocycles. The van der Waals surface area contributed by atoms with E-state index in [4.69, 9.17) is 5.73 Å². The molecule has 1 unspecified atom stereocenters. The molecule has 0 spiro atoms. The zero-order valence-electron chi connectivity index (χ0n) is 10.7. The van der Waals surface area contributed by atoms with Crippen molar-refractivity contribution in [3.8, 4) is 0 Å². The van der Waals surface area contributed by atoms with Gasteiger partial charge in [-0.2, -0.15) is 0 Å². The molecule has 1 aliphatic carbocycles. The van der Waals surface area contributed by atoms with Crippen LogP contribution < -0.4 is 5.73 Å². The Hall–Kier alpha value is -0.900. The van der Waals surface area contributed by atoms with Crippen LogP contribution in [0.2, 0.25) is 0 Å². The van der Waals surface area contributed by atoms with Gasteiger partial charge in [-0.1, -0.05) is 6.92 Å². The van der Waals surface area contributed by atoms with Crippen LogP contribution in [0.1, 0.15) is 58.1 Å². The molecular weight excluding hydrogens is 200 g/mol. The van der Waals surface area contributed by atoms with Gasteiger partial charge in [0, 0.05) is 11.5 Å². The molecule has 1 aromatic rings. The van der Waals surface area contributed by atoms with Crippen molar-refractivity contribution in [2.24, 2.45) is 11.7 Å². The molecule has 1 aliphatic rings. The molecule has 1 fully saturated rings. The third kappa shape index (κ3) is 1.98. The van der Waals surface area contributed by atoms with E-state index in [1.807, 2.05) is 0 Å². The molecule has 1 atom stereocenters. The fourth-order valence-corrected chi connectivity index (χ4v) is 2.30. The van der Waals surface area contributed by atoms with E-state index in [2.05, 4.69) is 42.5 Å². The van der Waals surface area contributed by atoms with Crippen molar-refractivity contribution in [1.82, 2.24) is 14.8 Å². The summed E-state index contributed by atoms with van der Waals surface area (Å²) in [5.41, 5.74) is 5.74. The lowest BCUT2D eigenvalue weighted by atomic mass is 10.0. The molecular formula is C12H22N4. The van der Waals surface area contributed by atoms with Gasteiger partial charge in [-0.05, 0) is 39.5 Å². The van der Waals surface area contributed by atoms with Gasteiger partial charge in [0.1, 0.15) is 11.6 Å². The van der Waals surface area contributed by atoms with Crippen molar-refractivity contribution in [2.75, 3.05) is 0 Å². The fraction of sp³-hybridized carbons (Fsp3) is 0.833. The lowest BCUT2D eigenvalue weighted by Gasteiger charge is -2.26. The molecule has 16 heavy (non-hydrogen) atoms. The summed E-state index contributed by atoms with van der Waals surface area (Å²) in [6, 6.07) is 0. The number of nitrogens with two attached hydrogens (primary N) is 1. The zero-order valence-corrected chi connectivity index (χ0v) is 10.7. The average Bonchev–Trinajstić information content (AvgIpc) is 2.93. The molecule has 2 N–H and O–H groups in total. The molecule has 1 heterocycles. The lowest BCUT2D eigenvalue weighted by molar-refractivity contribution is 0.357. The summed E-state index contributed by atoms with van der Waals surface area (Å²) in [4.78, 5) is 0. The number of aromatic nitrogens is 3. The first-order valence-corrected chi connectivity index (χ1v) is 6.10. The van der Waals surface area contributed by atoms with Gasteiger partial charge in [0.25, 0.3) is 0 Å². The minimum Gasteiger partial charge on any atom is -0.324 e. The Balaban J connectivity index is 2.40. The van der Waals surface area contributed by atoms with Crippen LogP contribution >= 0.6 is 0 Å². The highest BCUT2D eigenvalue weighted by Gasteiger charge is 2.34. The summed E-state index contributed by atoms with van der Waals surface area (Å²) in [7, 11) is 0. The van der Waals surface area contributed by atoms with E-state index in [0.29, 0.717) is 12.5 Å². The maximum atomic E-state index is 5.73. The molecule has 90 valence electrons. The molecule has 0 amide bonds. The highest BCUT2D eigenvalue weighted by atomic mass is 15.3. The van der Waals surface area contributed by atoms with E-state index < -0.39 is 0 Å². The Kier molecular flexibility index (Phi) is 2.78. The molecule has 4 heteroatoms. The molecule has 0 radical (unpaired) electrons. The standard InChI is InChI=1S/C12H22N4/c1-8(9-5-6-9)11-15-14-10(7-13)16(11)12(2,3)4/h8-9H,5-7,13H2,1-4H3. The summed E-state index contributed by atoms with van der Waals surface area (Å²) < 4.78 is 2.22.